The highest BCUT2D eigenvalue weighted by atomic mass is 16.6. The molecule has 4 aromatic rings. The largest absolute Gasteiger partial charge is 0.457 e. The summed E-state index contributed by atoms with van der Waals surface area (Å²) < 4.78 is 8.25. The van der Waals surface area contributed by atoms with Crippen LogP contribution in [0.15, 0.2) is 72.8 Å². The number of nitro groups is 1. The predicted molar refractivity (Wildman–Crippen MR) is 106 cm³/mol. The van der Waals surface area contributed by atoms with E-state index in [0.29, 0.717) is 11.5 Å². The Bertz CT molecular complexity index is 1120. The van der Waals surface area contributed by atoms with Gasteiger partial charge in [-0.05, 0) is 50.2 Å². The molecule has 5 nitrogen and oxygen atoms in total. The van der Waals surface area contributed by atoms with Crippen LogP contribution in [0.2, 0.25) is 0 Å². The topological polar surface area (TPSA) is 57.3 Å². The lowest BCUT2D eigenvalue weighted by Crippen LogP contribution is -1.99. The Morgan fingerprint density at radius 1 is 0.815 bits per heavy atom. The molecule has 0 unspecified atom stereocenters. The molecule has 1 heterocycles. The molecule has 0 saturated carbocycles. The van der Waals surface area contributed by atoms with Crippen molar-refractivity contribution in [2.45, 2.75) is 13.8 Å². The fourth-order valence-corrected chi connectivity index (χ4v) is 3.36. The lowest BCUT2D eigenvalue weighted by atomic mass is 10.1. The molecule has 4 rings (SSSR count). The van der Waals surface area contributed by atoms with Gasteiger partial charge < -0.3 is 9.30 Å². The number of aryl methyl sites for hydroxylation is 2. The van der Waals surface area contributed by atoms with Crippen molar-refractivity contribution in [2.75, 3.05) is 0 Å². The van der Waals surface area contributed by atoms with E-state index in [2.05, 4.69) is 42.7 Å². The maximum absolute atomic E-state index is 10.8. The monoisotopic (exact) mass is 358 g/mol. The highest BCUT2D eigenvalue weighted by Crippen LogP contribution is 2.34. The molecule has 0 bridgehead atoms. The fourth-order valence-electron chi connectivity index (χ4n) is 3.36. The van der Waals surface area contributed by atoms with Crippen LogP contribution in [-0.4, -0.2) is 9.49 Å². The second kappa shape index (κ2) is 6.61. The van der Waals surface area contributed by atoms with Gasteiger partial charge in [0.1, 0.15) is 11.5 Å². The zero-order chi connectivity index (χ0) is 19.0. The third-order valence-electron chi connectivity index (χ3n) is 4.65. The number of nitrogens with zero attached hydrogens (tertiary/aromatic N) is 2. The second-order valence-electron chi connectivity index (χ2n) is 6.43. The van der Waals surface area contributed by atoms with Gasteiger partial charge in [-0.2, -0.15) is 0 Å². The maximum atomic E-state index is 10.8. The highest BCUT2D eigenvalue weighted by molar-refractivity contribution is 5.95. The van der Waals surface area contributed by atoms with Crippen molar-refractivity contribution in [3.8, 4) is 17.2 Å². The molecule has 3 aromatic carbocycles. The zero-order valence-electron chi connectivity index (χ0n) is 15.0. The van der Waals surface area contributed by atoms with Gasteiger partial charge in [0.15, 0.2) is 0 Å². The minimum atomic E-state index is -0.421. The quantitative estimate of drug-likeness (QED) is 0.335. The number of benzene rings is 3. The number of hydrogen-bond acceptors (Lipinski definition) is 3. The van der Waals surface area contributed by atoms with Gasteiger partial charge in [0.25, 0.3) is 5.69 Å². The number of rotatable bonds is 4. The van der Waals surface area contributed by atoms with E-state index in [4.69, 9.17) is 4.74 Å². The minimum Gasteiger partial charge on any atom is -0.457 e. The number of ether oxygens (including phenoxy) is 1. The van der Waals surface area contributed by atoms with Gasteiger partial charge in [-0.25, -0.2) is 0 Å². The van der Waals surface area contributed by atoms with Crippen LogP contribution >= 0.6 is 0 Å². The van der Waals surface area contributed by atoms with E-state index in [1.54, 1.807) is 12.1 Å². The Labute approximate surface area is 156 Å². The van der Waals surface area contributed by atoms with E-state index >= 15 is 0 Å². The smallest absolute Gasteiger partial charge is 0.269 e. The first-order chi connectivity index (χ1) is 13.0. The first-order valence-electron chi connectivity index (χ1n) is 8.64. The molecule has 0 fully saturated rings. The van der Waals surface area contributed by atoms with Crippen molar-refractivity contribution in [3.05, 3.63) is 94.3 Å². The lowest BCUT2D eigenvalue weighted by molar-refractivity contribution is -0.384. The number of non-ortho nitro benzene ring substituents is 1. The van der Waals surface area contributed by atoms with Crippen molar-refractivity contribution in [1.82, 2.24) is 4.57 Å². The maximum Gasteiger partial charge on any atom is 0.269 e. The summed E-state index contributed by atoms with van der Waals surface area (Å²) in [5, 5.41) is 12.9. The Morgan fingerprint density at radius 3 is 2.11 bits per heavy atom. The highest BCUT2D eigenvalue weighted by Gasteiger charge is 2.11. The summed E-state index contributed by atoms with van der Waals surface area (Å²) in [6, 6.07) is 22.4. The summed E-state index contributed by atoms with van der Waals surface area (Å²) in [7, 11) is 0. The van der Waals surface area contributed by atoms with Crippen LogP contribution in [0, 0.1) is 24.0 Å². The van der Waals surface area contributed by atoms with Gasteiger partial charge in [0.2, 0.25) is 0 Å². The number of nitro benzene ring substituents is 1. The summed E-state index contributed by atoms with van der Waals surface area (Å²) >= 11 is 0. The third kappa shape index (κ3) is 3.04. The van der Waals surface area contributed by atoms with E-state index < -0.39 is 4.92 Å². The molecule has 0 aliphatic rings. The number of hydrogen-bond donors (Lipinski definition) is 0. The Morgan fingerprint density at radius 2 is 1.44 bits per heavy atom. The van der Waals surface area contributed by atoms with E-state index in [-0.39, 0.29) is 5.69 Å². The summed E-state index contributed by atoms with van der Waals surface area (Å²) in [5.74, 6) is 1.28. The summed E-state index contributed by atoms with van der Waals surface area (Å²) in [6.07, 6.45) is 0. The van der Waals surface area contributed by atoms with Crippen LogP contribution in [0.25, 0.3) is 16.5 Å². The summed E-state index contributed by atoms with van der Waals surface area (Å²) in [4.78, 5) is 10.4. The second-order valence-corrected chi connectivity index (χ2v) is 6.43. The molecule has 0 aliphatic heterocycles. The summed E-state index contributed by atoms with van der Waals surface area (Å²) in [5.41, 5.74) is 3.48. The Hall–Kier alpha value is -3.60. The summed E-state index contributed by atoms with van der Waals surface area (Å²) in [6.45, 7) is 4.17. The first-order valence-corrected chi connectivity index (χ1v) is 8.64. The molecule has 27 heavy (non-hydrogen) atoms. The van der Waals surface area contributed by atoms with Gasteiger partial charge >= 0.3 is 0 Å². The molecule has 0 amide bonds. The average Bonchev–Trinajstić information content (AvgIpc) is 3.00. The van der Waals surface area contributed by atoms with Crippen molar-refractivity contribution < 1.29 is 9.66 Å². The third-order valence-corrected chi connectivity index (χ3v) is 4.65. The van der Waals surface area contributed by atoms with Crippen LogP contribution in [0.4, 0.5) is 5.69 Å². The zero-order valence-corrected chi connectivity index (χ0v) is 15.0. The SMILES string of the molecule is Cc1ccc(C)n1-c1cccc2c(Oc3ccc([N+](=O)[O-])cc3)cccc12. The number of aromatic nitrogens is 1. The van der Waals surface area contributed by atoms with Crippen LogP contribution in [0.3, 0.4) is 0 Å². The standard InChI is InChI=1S/C22H18N2O3/c1-15-9-10-16(2)23(15)21-7-3-6-20-19(21)5-4-8-22(20)27-18-13-11-17(12-14-18)24(25)26/h3-14H,1-2H3. The van der Waals surface area contributed by atoms with Crippen molar-refractivity contribution in [1.29, 1.82) is 0 Å². The molecule has 0 saturated heterocycles. The van der Waals surface area contributed by atoms with Gasteiger partial charge in [-0.15, -0.1) is 0 Å². The average molecular weight is 358 g/mol. The van der Waals surface area contributed by atoms with E-state index in [9.17, 15) is 10.1 Å². The van der Waals surface area contributed by atoms with Crippen LogP contribution in [0.1, 0.15) is 11.4 Å². The normalized spacial score (nSPS) is 10.9. The molecule has 0 spiro atoms. The molecule has 5 heteroatoms. The molecule has 0 aliphatic carbocycles. The van der Waals surface area contributed by atoms with E-state index in [1.165, 1.54) is 23.5 Å². The first kappa shape index (κ1) is 16.8. The molecular formula is C22H18N2O3. The Kier molecular flexibility index (Phi) is 4.12. The van der Waals surface area contributed by atoms with Gasteiger partial charge in [-0.3, -0.25) is 10.1 Å². The van der Waals surface area contributed by atoms with E-state index in [0.717, 1.165) is 16.5 Å². The van der Waals surface area contributed by atoms with Gasteiger partial charge in [0.05, 0.1) is 10.6 Å². The molecular weight excluding hydrogens is 340 g/mol. The van der Waals surface area contributed by atoms with Crippen LogP contribution in [-0.2, 0) is 0 Å². The van der Waals surface area contributed by atoms with Crippen molar-refractivity contribution in [2.24, 2.45) is 0 Å². The van der Waals surface area contributed by atoms with Crippen LogP contribution < -0.4 is 4.74 Å². The van der Waals surface area contributed by atoms with Crippen molar-refractivity contribution in [3.63, 3.8) is 0 Å². The molecule has 134 valence electrons. The molecule has 0 atom stereocenters. The van der Waals surface area contributed by atoms with Crippen molar-refractivity contribution >= 4 is 16.5 Å². The molecule has 1 aromatic heterocycles. The molecule has 0 N–H and O–H groups in total. The lowest BCUT2D eigenvalue weighted by Gasteiger charge is -2.15. The minimum absolute atomic E-state index is 0.0427. The van der Waals surface area contributed by atoms with Gasteiger partial charge in [-0.1, -0.05) is 24.3 Å². The predicted octanol–water partition coefficient (Wildman–Crippen LogP) is 5.95. The molecule has 0 radical (unpaired) electrons. The van der Waals surface area contributed by atoms with Crippen LogP contribution in [0.5, 0.6) is 11.5 Å². The Balaban J connectivity index is 1.79. The van der Waals surface area contributed by atoms with Gasteiger partial charge in [0, 0.05) is 34.3 Å². The van der Waals surface area contributed by atoms with E-state index in [1.807, 2.05) is 24.3 Å². The fraction of sp³-hybridized carbons (Fsp3) is 0.0909. The number of fused-ring (bicyclic) bond motifs is 1.